The quantitative estimate of drug-likeness (QED) is 0.925. The highest BCUT2D eigenvalue weighted by atomic mass is 16.1. The van der Waals surface area contributed by atoms with Gasteiger partial charge in [0.05, 0.1) is 0 Å². The Morgan fingerprint density at radius 3 is 2.62 bits per heavy atom. The zero-order chi connectivity index (χ0) is 15.7. The Hall–Kier alpha value is -1.13. The van der Waals surface area contributed by atoms with Crippen LogP contribution in [0.4, 0.5) is 0 Å². The van der Waals surface area contributed by atoms with Crippen LogP contribution in [0, 0.1) is 5.41 Å². The number of nitrogens with one attached hydrogen (secondary N) is 1. The largest absolute Gasteiger partial charge is 0.314 e. The Kier molecular flexibility index (Phi) is 4.59. The van der Waals surface area contributed by atoms with E-state index in [2.05, 4.69) is 44.8 Å². The van der Waals surface area contributed by atoms with Gasteiger partial charge in [-0.1, -0.05) is 26.8 Å². The number of hydrogen-bond donors (Lipinski definition) is 1. The summed E-state index contributed by atoms with van der Waals surface area (Å²) in [5, 5.41) is 3.68. The van der Waals surface area contributed by atoms with Crippen molar-refractivity contribution in [3.8, 4) is 0 Å². The first kappa shape index (κ1) is 16.2. The summed E-state index contributed by atoms with van der Waals surface area (Å²) < 4.78 is 1.80. The summed E-state index contributed by atoms with van der Waals surface area (Å²) in [7, 11) is 0. The smallest absolute Gasteiger partial charge is 0.250 e. The van der Waals surface area contributed by atoms with Crippen molar-refractivity contribution in [2.75, 3.05) is 19.6 Å². The second kappa shape index (κ2) is 5.93. The molecule has 0 bridgehead atoms. The maximum Gasteiger partial charge on any atom is 0.250 e. The molecular weight excluding hydrogens is 262 g/mol. The summed E-state index contributed by atoms with van der Waals surface area (Å²) >= 11 is 0. The zero-order valence-electron chi connectivity index (χ0n) is 14.0. The third-order valence-electron chi connectivity index (χ3n) is 4.60. The van der Waals surface area contributed by atoms with Crippen molar-refractivity contribution in [3.05, 3.63) is 34.7 Å². The number of piperazine rings is 1. The Bertz CT molecular complexity index is 527. The summed E-state index contributed by atoms with van der Waals surface area (Å²) in [5.41, 5.74) is 0.455. The maximum absolute atomic E-state index is 11.8. The lowest BCUT2D eigenvalue weighted by Gasteiger charge is -2.49. The number of hydrogen-bond acceptors (Lipinski definition) is 3. The van der Waals surface area contributed by atoms with Crippen LogP contribution < -0.4 is 10.9 Å². The van der Waals surface area contributed by atoms with E-state index in [1.54, 1.807) is 16.7 Å². The topological polar surface area (TPSA) is 37.3 Å². The molecule has 1 aliphatic heterocycles. The van der Waals surface area contributed by atoms with Crippen molar-refractivity contribution < 1.29 is 0 Å². The van der Waals surface area contributed by atoms with Crippen molar-refractivity contribution in [2.45, 2.75) is 52.7 Å². The standard InChI is InChI=1S/C17H29N3O/c1-16(2,3)14-12-20(17(4,5)13-18-14)11-10-19-9-7-6-8-15(19)21/h6-9,14,18H,10-13H2,1-5H3. The van der Waals surface area contributed by atoms with Crippen molar-refractivity contribution in [1.82, 2.24) is 14.8 Å². The van der Waals surface area contributed by atoms with Crippen LogP contribution in [0.25, 0.3) is 0 Å². The zero-order valence-corrected chi connectivity index (χ0v) is 14.0. The van der Waals surface area contributed by atoms with E-state index in [0.717, 1.165) is 26.2 Å². The molecule has 0 aliphatic carbocycles. The first-order valence-corrected chi connectivity index (χ1v) is 7.84. The monoisotopic (exact) mass is 291 g/mol. The molecule has 2 rings (SSSR count). The van der Waals surface area contributed by atoms with Gasteiger partial charge in [-0.25, -0.2) is 0 Å². The average Bonchev–Trinajstić information content (AvgIpc) is 2.37. The van der Waals surface area contributed by atoms with E-state index in [9.17, 15) is 4.79 Å². The van der Waals surface area contributed by atoms with E-state index in [1.165, 1.54) is 0 Å². The van der Waals surface area contributed by atoms with Crippen molar-refractivity contribution in [3.63, 3.8) is 0 Å². The summed E-state index contributed by atoms with van der Waals surface area (Å²) in [5.74, 6) is 0. The molecule has 0 spiro atoms. The number of pyridine rings is 1. The van der Waals surface area contributed by atoms with Gasteiger partial charge in [0.15, 0.2) is 0 Å². The highest BCUT2D eigenvalue weighted by Crippen LogP contribution is 2.27. The van der Waals surface area contributed by atoms with Gasteiger partial charge < -0.3 is 9.88 Å². The fourth-order valence-corrected chi connectivity index (χ4v) is 2.86. The number of aromatic nitrogens is 1. The SMILES string of the molecule is CC(C)(C)C1CN(CCn2ccccc2=O)C(C)(C)CN1. The highest BCUT2D eigenvalue weighted by Gasteiger charge is 2.37. The lowest BCUT2D eigenvalue weighted by molar-refractivity contribution is 0.0332. The molecule has 1 aromatic rings. The minimum atomic E-state index is 0.0813. The maximum atomic E-state index is 11.8. The fourth-order valence-electron chi connectivity index (χ4n) is 2.86. The molecule has 1 saturated heterocycles. The minimum Gasteiger partial charge on any atom is -0.314 e. The van der Waals surface area contributed by atoms with Crippen LogP contribution in [0.1, 0.15) is 34.6 Å². The number of rotatable bonds is 3. The van der Waals surface area contributed by atoms with Gasteiger partial charge in [-0.05, 0) is 25.3 Å². The molecule has 0 amide bonds. The lowest BCUT2D eigenvalue weighted by atomic mass is 9.83. The van der Waals surface area contributed by atoms with Crippen LogP contribution in [-0.4, -0.2) is 40.7 Å². The molecule has 4 heteroatoms. The van der Waals surface area contributed by atoms with Gasteiger partial charge in [0.25, 0.3) is 5.56 Å². The van der Waals surface area contributed by atoms with Crippen molar-refractivity contribution in [2.24, 2.45) is 5.41 Å². The highest BCUT2D eigenvalue weighted by molar-refractivity contribution is 4.97. The van der Waals surface area contributed by atoms with E-state index >= 15 is 0 Å². The van der Waals surface area contributed by atoms with E-state index in [0.29, 0.717) is 6.04 Å². The molecule has 0 aromatic carbocycles. The van der Waals surface area contributed by atoms with Gasteiger partial charge >= 0.3 is 0 Å². The lowest BCUT2D eigenvalue weighted by Crippen LogP contribution is -2.65. The van der Waals surface area contributed by atoms with Crippen LogP contribution in [0.3, 0.4) is 0 Å². The van der Waals surface area contributed by atoms with E-state index < -0.39 is 0 Å². The minimum absolute atomic E-state index is 0.0813. The van der Waals surface area contributed by atoms with Crippen LogP contribution in [-0.2, 0) is 6.54 Å². The van der Waals surface area contributed by atoms with Crippen LogP contribution in [0.5, 0.6) is 0 Å². The third kappa shape index (κ3) is 3.95. The first-order chi connectivity index (χ1) is 9.70. The predicted octanol–water partition coefficient (Wildman–Crippen LogP) is 1.95. The Morgan fingerprint density at radius 1 is 1.29 bits per heavy atom. The molecule has 1 unspecified atom stereocenters. The van der Waals surface area contributed by atoms with Gasteiger partial charge in [0.2, 0.25) is 0 Å². The molecule has 1 atom stereocenters. The number of nitrogens with zero attached hydrogens (tertiary/aromatic N) is 2. The average molecular weight is 291 g/mol. The molecule has 21 heavy (non-hydrogen) atoms. The fraction of sp³-hybridized carbons (Fsp3) is 0.706. The second-order valence-electron chi connectivity index (χ2n) is 7.79. The molecule has 0 radical (unpaired) electrons. The van der Waals surface area contributed by atoms with Gasteiger partial charge in [-0.2, -0.15) is 0 Å². The van der Waals surface area contributed by atoms with E-state index in [-0.39, 0.29) is 16.5 Å². The van der Waals surface area contributed by atoms with E-state index in [4.69, 9.17) is 0 Å². The summed E-state index contributed by atoms with van der Waals surface area (Å²) in [6.45, 7) is 15.1. The summed E-state index contributed by atoms with van der Waals surface area (Å²) in [6.07, 6.45) is 1.87. The molecule has 1 aliphatic rings. The van der Waals surface area contributed by atoms with Crippen LogP contribution >= 0.6 is 0 Å². The molecule has 2 heterocycles. The molecule has 4 nitrogen and oxygen atoms in total. The summed E-state index contributed by atoms with van der Waals surface area (Å²) in [4.78, 5) is 14.3. The van der Waals surface area contributed by atoms with Gasteiger partial charge in [-0.3, -0.25) is 9.69 Å². The molecule has 0 saturated carbocycles. The first-order valence-electron chi connectivity index (χ1n) is 7.84. The molecular formula is C17H29N3O. The molecule has 1 N–H and O–H groups in total. The molecule has 1 aromatic heterocycles. The Balaban J connectivity index is 2.05. The normalized spacial score (nSPS) is 23.2. The van der Waals surface area contributed by atoms with Crippen LogP contribution in [0.2, 0.25) is 0 Å². The van der Waals surface area contributed by atoms with Crippen LogP contribution in [0.15, 0.2) is 29.2 Å². The van der Waals surface area contributed by atoms with Gasteiger partial charge in [0, 0.05) is 50.0 Å². The van der Waals surface area contributed by atoms with Gasteiger partial charge in [-0.15, -0.1) is 0 Å². The second-order valence-corrected chi connectivity index (χ2v) is 7.79. The molecule has 1 fully saturated rings. The third-order valence-corrected chi connectivity index (χ3v) is 4.60. The Labute approximate surface area is 128 Å². The Morgan fingerprint density at radius 2 is 2.00 bits per heavy atom. The molecule has 118 valence electrons. The predicted molar refractivity (Wildman–Crippen MR) is 87.6 cm³/mol. The van der Waals surface area contributed by atoms with E-state index in [1.807, 2.05) is 12.3 Å². The van der Waals surface area contributed by atoms with Gasteiger partial charge in [0.1, 0.15) is 0 Å². The summed E-state index contributed by atoms with van der Waals surface area (Å²) in [6, 6.07) is 5.82. The van der Waals surface area contributed by atoms with Crippen molar-refractivity contribution in [1.29, 1.82) is 0 Å². The van der Waals surface area contributed by atoms with Crippen molar-refractivity contribution >= 4 is 0 Å².